The summed E-state index contributed by atoms with van der Waals surface area (Å²) < 4.78 is 0. The third-order valence-corrected chi connectivity index (χ3v) is 2.84. The Morgan fingerprint density at radius 2 is 2.07 bits per heavy atom. The molecule has 1 aromatic rings. The highest BCUT2D eigenvalue weighted by Crippen LogP contribution is 2.19. The second kappa shape index (κ2) is 3.08. The second-order valence-electron chi connectivity index (χ2n) is 3.85. The van der Waals surface area contributed by atoms with E-state index in [0.717, 1.165) is 11.3 Å². The lowest BCUT2D eigenvalue weighted by molar-refractivity contribution is -0.119. The van der Waals surface area contributed by atoms with E-state index in [4.69, 9.17) is 0 Å². The molecule has 3 rings (SSSR count). The van der Waals surface area contributed by atoms with Crippen molar-refractivity contribution in [2.45, 2.75) is 18.5 Å². The third kappa shape index (κ3) is 1.29. The zero-order chi connectivity index (χ0) is 10.3. The summed E-state index contributed by atoms with van der Waals surface area (Å²) in [6, 6.07) is 10.1. The minimum absolute atomic E-state index is 0.0416. The molecule has 1 aromatic carbocycles. The standard InChI is InChI=1S/C11H11N3O/c15-9-6-8-11(12-9)10(14-13-8)7-4-2-1-3-5-7/h1-5,8,11,13H,6H2,(H,12,15). The molecule has 0 radical (unpaired) electrons. The Kier molecular flexibility index (Phi) is 1.74. The Bertz CT molecular complexity index is 427. The molecule has 2 aliphatic rings. The average molecular weight is 201 g/mol. The van der Waals surface area contributed by atoms with Crippen LogP contribution in [0.5, 0.6) is 0 Å². The number of hydrazone groups is 1. The van der Waals surface area contributed by atoms with Gasteiger partial charge in [0.05, 0.1) is 24.2 Å². The molecule has 0 aromatic heterocycles. The summed E-state index contributed by atoms with van der Waals surface area (Å²) in [4.78, 5) is 11.2. The number of rotatable bonds is 1. The Labute approximate surface area is 87.4 Å². The Morgan fingerprint density at radius 3 is 2.87 bits per heavy atom. The smallest absolute Gasteiger partial charge is 0.222 e. The van der Waals surface area contributed by atoms with Gasteiger partial charge in [-0.25, -0.2) is 0 Å². The summed E-state index contributed by atoms with van der Waals surface area (Å²) >= 11 is 0. The van der Waals surface area contributed by atoms with Crippen LogP contribution in [-0.4, -0.2) is 23.7 Å². The summed E-state index contributed by atoms with van der Waals surface area (Å²) in [6.07, 6.45) is 0.518. The van der Waals surface area contributed by atoms with Crippen molar-refractivity contribution in [1.82, 2.24) is 10.7 Å². The molecule has 2 atom stereocenters. The van der Waals surface area contributed by atoms with E-state index in [0.29, 0.717) is 6.42 Å². The maximum Gasteiger partial charge on any atom is 0.222 e. The monoisotopic (exact) mass is 201 g/mol. The number of hydrogen-bond acceptors (Lipinski definition) is 3. The minimum Gasteiger partial charge on any atom is -0.345 e. The first-order valence-corrected chi connectivity index (χ1v) is 5.02. The summed E-state index contributed by atoms with van der Waals surface area (Å²) in [6.45, 7) is 0. The van der Waals surface area contributed by atoms with Gasteiger partial charge in [-0.2, -0.15) is 5.10 Å². The predicted molar refractivity (Wildman–Crippen MR) is 56.5 cm³/mol. The number of nitrogens with zero attached hydrogens (tertiary/aromatic N) is 1. The first-order chi connectivity index (χ1) is 7.34. The lowest BCUT2D eigenvalue weighted by atomic mass is 10.0. The largest absolute Gasteiger partial charge is 0.345 e. The molecule has 2 unspecified atom stereocenters. The van der Waals surface area contributed by atoms with E-state index in [1.165, 1.54) is 0 Å². The molecular weight excluding hydrogens is 190 g/mol. The second-order valence-corrected chi connectivity index (χ2v) is 3.85. The van der Waals surface area contributed by atoms with Crippen molar-refractivity contribution in [1.29, 1.82) is 0 Å². The van der Waals surface area contributed by atoms with Gasteiger partial charge in [0.25, 0.3) is 0 Å². The SMILES string of the molecule is O=C1CC2NN=C(c3ccccc3)C2N1. The number of amides is 1. The fraction of sp³-hybridized carbons (Fsp3) is 0.273. The normalized spacial score (nSPS) is 28.0. The molecule has 2 aliphatic heterocycles. The number of benzene rings is 1. The molecule has 1 saturated heterocycles. The fourth-order valence-corrected chi connectivity index (χ4v) is 2.10. The third-order valence-electron chi connectivity index (χ3n) is 2.84. The molecule has 1 amide bonds. The first-order valence-electron chi connectivity index (χ1n) is 5.02. The Balaban J connectivity index is 1.93. The van der Waals surface area contributed by atoms with Crippen LogP contribution in [0.4, 0.5) is 0 Å². The van der Waals surface area contributed by atoms with Crippen molar-refractivity contribution in [3.8, 4) is 0 Å². The zero-order valence-electron chi connectivity index (χ0n) is 8.10. The summed E-state index contributed by atoms with van der Waals surface area (Å²) in [7, 11) is 0. The molecule has 2 heterocycles. The van der Waals surface area contributed by atoms with Gasteiger partial charge in [0.2, 0.25) is 5.91 Å². The number of hydrogen-bond donors (Lipinski definition) is 2. The molecular formula is C11H11N3O. The zero-order valence-corrected chi connectivity index (χ0v) is 8.10. The predicted octanol–water partition coefficient (Wildman–Crippen LogP) is 0.251. The maximum absolute atomic E-state index is 11.2. The van der Waals surface area contributed by atoms with Crippen LogP contribution >= 0.6 is 0 Å². The van der Waals surface area contributed by atoms with Crippen LogP contribution < -0.4 is 10.7 Å². The molecule has 0 aliphatic carbocycles. The van der Waals surface area contributed by atoms with Gasteiger partial charge in [0.15, 0.2) is 0 Å². The molecule has 4 nitrogen and oxygen atoms in total. The van der Waals surface area contributed by atoms with Crippen molar-refractivity contribution in [3.63, 3.8) is 0 Å². The number of carbonyl (C=O) groups excluding carboxylic acids is 1. The minimum atomic E-state index is 0.0416. The van der Waals surface area contributed by atoms with Crippen molar-refractivity contribution in [2.24, 2.45) is 5.10 Å². The molecule has 4 heteroatoms. The Morgan fingerprint density at radius 1 is 1.27 bits per heavy atom. The van der Waals surface area contributed by atoms with E-state index in [9.17, 15) is 4.79 Å². The molecule has 1 fully saturated rings. The van der Waals surface area contributed by atoms with Crippen LogP contribution in [0.3, 0.4) is 0 Å². The quantitative estimate of drug-likeness (QED) is 0.684. The highest BCUT2D eigenvalue weighted by atomic mass is 16.2. The molecule has 0 saturated carbocycles. The van der Waals surface area contributed by atoms with E-state index in [2.05, 4.69) is 15.8 Å². The van der Waals surface area contributed by atoms with E-state index < -0.39 is 0 Å². The van der Waals surface area contributed by atoms with Crippen molar-refractivity contribution < 1.29 is 4.79 Å². The van der Waals surface area contributed by atoms with Gasteiger partial charge in [-0.05, 0) is 5.56 Å². The number of fused-ring (bicyclic) bond motifs is 1. The molecule has 76 valence electrons. The van der Waals surface area contributed by atoms with Gasteiger partial charge < -0.3 is 10.7 Å². The van der Waals surface area contributed by atoms with E-state index >= 15 is 0 Å². The molecule has 2 N–H and O–H groups in total. The van der Waals surface area contributed by atoms with E-state index in [1.807, 2.05) is 30.3 Å². The molecule has 0 bridgehead atoms. The van der Waals surface area contributed by atoms with Crippen LogP contribution in [0.15, 0.2) is 35.4 Å². The molecule has 0 spiro atoms. The number of nitrogens with one attached hydrogen (secondary N) is 2. The first kappa shape index (κ1) is 8.47. The maximum atomic E-state index is 11.2. The van der Waals surface area contributed by atoms with Crippen LogP contribution in [0.25, 0.3) is 0 Å². The van der Waals surface area contributed by atoms with Crippen LogP contribution in [-0.2, 0) is 4.79 Å². The van der Waals surface area contributed by atoms with Crippen molar-refractivity contribution in [2.75, 3.05) is 0 Å². The average Bonchev–Trinajstić information content (AvgIpc) is 2.77. The highest BCUT2D eigenvalue weighted by molar-refractivity contribution is 6.08. The van der Waals surface area contributed by atoms with Gasteiger partial charge in [-0.3, -0.25) is 4.79 Å². The lowest BCUT2D eigenvalue weighted by Crippen LogP contribution is -2.38. The topological polar surface area (TPSA) is 53.5 Å². The van der Waals surface area contributed by atoms with Gasteiger partial charge in [0.1, 0.15) is 0 Å². The van der Waals surface area contributed by atoms with Crippen LogP contribution in [0, 0.1) is 0 Å². The van der Waals surface area contributed by atoms with Gasteiger partial charge in [-0.15, -0.1) is 0 Å². The lowest BCUT2D eigenvalue weighted by Gasteiger charge is -2.10. The van der Waals surface area contributed by atoms with Gasteiger partial charge in [0, 0.05) is 0 Å². The van der Waals surface area contributed by atoms with Crippen molar-refractivity contribution >= 4 is 11.6 Å². The van der Waals surface area contributed by atoms with Crippen LogP contribution in [0.2, 0.25) is 0 Å². The highest BCUT2D eigenvalue weighted by Gasteiger charge is 2.39. The summed E-state index contributed by atoms with van der Waals surface area (Å²) in [5.41, 5.74) is 5.01. The molecule has 15 heavy (non-hydrogen) atoms. The Hall–Kier alpha value is -1.84. The van der Waals surface area contributed by atoms with E-state index in [-0.39, 0.29) is 18.0 Å². The van der Waals surface area contributed by atoms with Crippen molar-refractivity contribution in [3.05, 3.63) is 35.9 Å². The summed E-state index contributed by atoms with van der Waals surface area (Å²) in [5.74, 6) is 0.0980. The van der Waals surface area contributed by atoms with Crippen LogP contribution in [0.1, 0.15) is 12.0 Å². The number of carbonyl (C=O) groups is 1. The van der Waals surface area contributed by atoms with Gasteiger partial charge >= 0.3 is 0 Å². The fourth-order valence-electron chi connectivity index (χ4n) is 2.10. The summed E-state index contributed by atoms with van der Waals surface area (Å²) in [5, 5.41) is 7.21. The van der Waals surface area contributed by atoms with Gasteiger partial charge in [-0.1, -0.05) is 30.3 Å². The van der Waals surface area contributed by atoms with E-state index in [1.54, 1.807) is 0 Å².